The van der Waals surface area contributed by atoms with Crippen molar-refractivity contribution in [3.05, 3.63) is 0 Å². The third kappa shape index (κ3) is 4.98. The van der Waals surface area contributed by atoms with Crippen LogP contribution in [-0.2, 0) is 9.84 Å². The van der Waals surface area contributed by atoms with Crippen molar-refractivity contribution in [2.24, 2.45) is 0 Å². The first-order valence-corrected chi connectivity index (χ1v) is 7.82. The van der Waals surface area contributed by atoms with Crippen molar-refractivity contribution in [1.82, 2.24) is 5.32 Å². The third-order valence-electron chi connectivity index (χ3n) is 3.16. The first-order chi connectivity index (χ1) is 7.03. The second-order valence-electron chi connectivity index (χ2n) is 4.57. The predicted molar refractivity (Wildman–Crippen MR) is 63.8 cm³/mol. The van der Waals surface area contributed by atoms with E-state index in [-0.39, 0.29) is 5.75 Å². The van der Waals surface area contributed by atoms with Gasteiger partial charge in [0.25, 0.3) is 0 Å². The van der Waals surface area contributed by atoms with E-state index < -0.39 is 9.84 Å². The molecule has 4 heteroatoms. The molecule has 1 saturated heterocycles. The number of nitrogens with one attached hydrogen (secondary N) is 1. The van der Waals surface area contributed by atoms with Gasteiger partial charge < -0.3 is 5.32 Å². The summed E-state index contributed by atoms with van der Waals surface area (Å²) in [5.41, 5.74) is 0. The highest BCUT2D eigenvalue weighted by Crippen LogP contribution is 2.16. The van der Waals surface area contributed by atoms with Crippen molar-refractivity contribution in [3.63, 3.8) is 0 Å². The monoisotopic (exact) mass is 233 g/mol. The lowest BCUT2D eigenvalue weighted by Gasteiger charge is -2.28. The van der Waals surface area contributed by atoms with E-state index >= 15 is 0 Å². The SMILES string of the molecule is CCS(=O)(=O)CCCC1CCCC(C)N1. The molecule has 3 nitrogen and oxygen atoms in total. The number of rotatable bonds is 5. The minimum Gasteiger partial charge on any atom is -0.312 e. The molecule has 0 aromatic carbocycles. The summed E-state index contributed by atoms with van der Waals surface area (Å²) in [7, 11) is -2.76. The minimum absolute atomic E-state index is 0.279. The fraction of sp³-hybridized carbons (Fsp3) is 1.00. The smallest absolute Gasteiger partial charge is 0.150 e. The van der Waals surface area contributed by atoms with Crippen LogP contribution in [-0.4, -0.2) is 32.0 Å². The van der Waals surface area contributed by atoms with E-state index in [1.807, 2.05) is 0 Å². The number of sulfone groups is 1. The number of piperidine rings is 1. The molecule has 0 aromatic heterocycles. The maximum absolute atomic E-state index is 11.3. The second-order valence-corrected chi connectivity index (χ2v) is 7.05. The number of hydrogen-bond acceptors (Lipinski definition) is 3. The summed E-state index contributed by atoms with van der Waals surface area (Å²) < 4.78 is 22.6. The summed E-state index contributed by atoms with van der Waals surface area (Å²) in [6.07, 6.45) is 5.55. The Kier molecular flexibility index (Phi) is 5.06. The van der Waals surface area contributed by atoms with Gasteiger partial charge >= 0.3 is 0 Å². The molecule has 1 aliphatic rings. The Hall–Kier alpha value is -0.0900. The molecular weight excluding hydrogens is 210 g/mol. The van der Waals surface area contributed by atoms with Crippen LogP contribution < -0.4 is 5.32 Å². The molecule has 1 fully saturated rings. The van der Waals surface area contributed by atoms with Gasteiger partial charge in [-0.05, 0) is 32.6 Å². The average Bonchev–Trinajstić information content (AvgIpc) is 2.18. The van der Waals surface area contributed by atoms with Crippen molar-refractivity contribution in [1.29, 1.82) is 0 Å². The Labute approximate surface area is 93.6 Å². The molecule has 0 radical (unpaired) electrons. The van der Waals surface area contributed by atoms with Crippen LogP contribution in [0.3, 0.4) is 0 Å². The highest BCUT2D eigenvalue weighted by molar-refractivity contribution is 7.91. The Morgan fingerprint density at radius 2 is 2.07 bits per heavy atom. The highest BCUT2D eigenvalue weighted by Gasteiger charge is 2.18. The molecule has 2 atom stereocenters. The Morgan fingerprint density at radius 1 is 1.33 bits per heavy atom. The molecule has 1 rings (SSSR count). The normalized spacial score (nSPS) is 27.9. The molecular formula is C11H23NO2S. The quantitative estimate of drug-likeness (QED) is 0.786. The van der Waals surface area contributed by atoms with Crippen LogP contribution in [0.25, 0.3) is 0 Å². The maximum Gasteiger partial charge on any atom is 0.150 e. The van der Waals surface area contributed by atoms with Crippen molar-refractivity contribution < 1.29 is 8.42 Å². The zero-order valence-electron chi connectivity index (χ0n) is 9.83. The Balaban J connectivity index is 2.20. The first kappa shape index (κ1) is 13.0. The Morgan fingerprint density at radius 3 is 2.67 bits per heavy atom. The van der Waals surface area contributed by atoms with E-state index in [9.17, 15) is 8.42 Å². The fourth-order valence-electron chi connectivity index (χ4n) is 2.16. The molecule has 0 aliphatic carbocycles. The van der Waals surface area contributed by atoms with Crippen LogP contribution in [0.2, 0.25) is 0 Å². The zero-order valence-corrected chi connectivity index (χ0v) is 10.6. The van der Waals surface area contributed by atoms with Gasteiger partial charge in [0, 0.05) is 17.8 Å². The summed E-state index contributed by atoms with van der Waals surface area (Å²) in [5, 5.41) is 3.53. The van der Waals surface area contributed by atoms with Crippen LogP contribution in [0, 0.1) is 0 Å². The van der Waals surface area contributed by atoms with Crippen LogP contribution in [0.5, 0.6) is 0 Å². The molecule has 90 valence electrons. The molecule has 2 unspecified atom stereocenters. The van der Waals surface area contributed by atoms with Gasteiger partial charge in [0.1, 0.15) is 9.84 Å². The third-order valence-corrected chi connectivity index (χ3v) is 4.95. The molecule has 0 saturated carbocycles. The second kappa shape index (κ2) is 5.85. The molecule has 0 spiro atoms. The van der Waals surface area contributed by atoms with E-state index in [0.29, 0.717) is 17.8 Å². The van der Waals surface area contributed by atoms with Gasteiger partial charge in [-0.3, -0.25) is 0 Å². The topological polar surface area (TPSA) is 46.2 Å². The van der Waals surface area contributed by atoms with Gasteiger partial charge in [-0.1, -0.05) is 13.3 Å². The van der Waals surface area contributed by atoms with Crippen molar-refractivity contribution in [2.75, 3.05) is 11.5 Å². The first-order valence-electron chi connectivity index (χ1n) is 6.00. The van der Waals surface area contributed by atoms with Crippen molar-refractivity contribution >= 4 is 9.84 Å². The summed E-state index contributed by atoms with van der Waals surface area (Å²) >= 11 is 0. The summed E-state index contributed by atoms with van der Waals surface area (Å²) in [4.78, 5) is 0. The van der Waals surface area contributed by atoms with Gasteiger partial charge in [-0.15, -0.1) is 0 Å². The van der Waals surface area contributed by atoms with Gasteiger partial charge in [-0.2, -0.15) is 0 Å². The molecule has 0 bridgehead atoms. The Bertz CT molecular complexity index is 274. The summed E-state index contributed by atoms with van der Waals surface area (Å²) in [6.45, 7) is 3.92. The molecule has 1 heterocycles. The van der Waals surface area contributed by atoms with Crippen molar-refractivity contribution in [3.8, 4) is 0 Å². The lowest BCUT2D eigenvalue weighted by molar-refractivity contribution is 0.320. The largest absolute Gasteiger partial charge is 0.312 e. The highest BCUT2D eigenvalue weighted by atomic mass is 32.2. The van der Waals surface area contributed by atoms with Gasteiger partial charge in [0.05, 0.1) is 5.75 Å². The van der Waals surface area contributed by atoms with Crippen LogP contribution in [0.1, 0.15) is 46.0 Å². The molecule has 1 N–H and O–H groups in total. The van der Waals surface area contributed by atoms with Crippen LogP contribution in [0.4, 0.5) is 0 Å². The molecule has 0 aromatic rings. The lowest BCUT2D eigenvalue weighted by Crippen LogP contribution is -2.40. The molecule has 15 heavy (non-hydrogen) atoms. The predicted octanol–water partition coefficient (Wildman–Crippen LogP) is 1.73. The van der Waals surface area contributed by atoms with Crippen LogP contribution >= 0.6 is 0 Å². The van der Waals surface area contributed by atoms with E-state index in [4.69, 9.17) is 0 Å². The minimum atomic E-state index is -2.76. The van der Waals surface area contributed by atoms with Crippen LogP contribution in [0.15, 0.2) is 0 Å². The number of hydrogen-bond donors (Lipinski definition) is 1. The summed E-state index contributed by atoms with van der Waals surface area (Å²) in [6, 6.07) is 1.15. The average molecular weight is 233 g/mol. The fourth-order valence-corrected chi connectivity index (χ4v) is 3.06. The van der Waals surface area contributed by atoms with E-state index in [2.05, 4.69) is 12.2 Å². The summed E-state index contributed by atoms with van der Waals surface area (Å²) in [5.74, 6) is 0.636. The van der Waals surface area contributed by atoms with Gasteiger partial charge in [0.2, 0.25) is 0 Å². The standard InChI is InChI=1S/C11H23NO2S/c1-3-15(13,14)9-5-8-11-7-4-6-10(2)12-11/h10-12H,3-9H2,1-2H3. The van der Waals surface area contributed by atoms with E-state index in [1.54, 1.807) is 6.92 Å². The van der Waals surface area contributed by atoms with Crippen molar-refractivity contribution in [2.45, 2.75) is 58.0 Å². The van der Waals surface area contributed by atoms with Gasteiger partial charge in [-0.25, -0.2) is 8.42 Å². The van der Waals surface area contributed by atoms with E-state index in [0.717, 1.165) is 12.8 Å². The zero-order chi connectivity index (χ0) is 11.3. The molecule has 1 aliphatic heterocycles. The molecule has 0 amide bonds. The van der Waals surface area contributed by atoms with Gasteiger partial charge in [0.15, 0.2) is 0 Å². The van der Waals surface area contributed by atoms with E-state index in [1.165, 1.54) is 19.3 Å². The lowest BCUT2D eigenvalue weighted by atomic mass is 9.97. The maximum atomic E-state index is 11.3.